The zero-order chi connectivity index (χ0) is 19.5. The van der Waals surface area contributed by atoms with Crippen LogP contribution in [0.1, 0.15) is 57.9 Å². The maximum Gasteiger partial charge on any atom is 0.220 e. The highest BCUT2D eigenvalue weighted by molar-refractivity contribution is 6.05. The lowest BCUT2D eigenvalue weighted by molar-refractivity contribution is -0.168. The molecule has 0 saturated heterocycles. The van der Waals surface area contributed by atoms with Crippen molar-refractivity contribution in [3.63, 3.8) is 0 Å². The summed E-state index contributed by atoms with van der Waals surface area (Å²) in [4.78, 5) is 10.5. The van der Waals surface area contributed by atoms with Crippen LogP contribution in [0.2, 0.25) is 0 Å². The van der Waals surface area contributed by atoms with Crippen molar-refractivity contribution >= 4 is 17.6 Å². The molecule has 0 radical (unpaired) electrons. The van der Waals surface area contributed by atoms with Crippen LogP contribution >= 0.6 is 0 Å². The number of anilines is 1. The van der Waals surface area contributed by atoms with Crippen LogP contribution in [0.5, 0.6) is 0 Å². The minimum absolute atomic E-state index is 0.119. The fourth-order valence-electron chi connectivity index (χ4n) is 6.48. The van der Waals surface area contributed by atoms with Gasteiger partial charge in [-0.2, -0.15) is 4.99 Å². The smallest absolute Gasteiger partial charge is 0.220 e. The second kappa shape index (κ2) is 6.21. The van der Waals surface area contributed by atoms with Crippen molar-refractivity contribution in [2.75, 3.05) is 4.90 Å². The molecule has 6 nitrogen and oxygen atoms in total. The van der Waals surface area contributed by atoms with Crippen molar-refractivity contribution in [2.45, 2.75) is 70.2 Å². The van der Waals surface area contributed by atoms with Crippen molar-refractivity contribution in [1.29, 1.82) is 0 Å². The van der Waals surface area contributed by atoms with E-state index in [0.29, 0.717) is 12.6 Å². The molecule has 6 heteroatoms. The van der Waals surface area contributed by atoms with Gasteiger partial charge < -0.3 is 16.2 Å². The number of rotatable bonds is 4. The van der Waals surface area contributed by atoms with Crippen LogP contribution in [0.4, 0.5) is 5.69 Å². The number of nitrogens with zero attached hydrogens (tertiary/aromatic N) is 3. The molecule has 150 valence electrons. The molecule has 0 amide bonds. The molecule has 1 heterocycles. The summed E-state index contributed by atoms with van der Waals surface area (Å²) in [5, 5.41) is 0. The van der Waals surface area contributed by atoms with Gasteiger partial charge in [-0.05, 0) is 87.8 Å². The number of aliphatic imine (C=N–C) groups is 2. The summed E-state index contributed by atoms with van der Waals surface area (Å²) in [5.74, 6) is 3.28. The first-order valence-corrected chi connectivity index (χ1v) is 10.5. The van der Waals surface area contributed by atoms with E-state index in [-0.39, 0.29) is 11.6 Å². The number of ether oxygens (including phenoxy) is 1. The number of hydrogen-bond acceptors (Lipinski definition) is 6. The maximum atomic E-state index is 6.64. The van der Waals surface area contributed by atoms with Gasteiger partial charge in [-0.15, -0.1) is 0 Å². The van der Waals surface area contributed by atoms with Crippen molar-refractivity contribution in [1.82, 2.24) is 0 Å². The first-order valence-electron chi connectivity index (χ1n) is 10.5. The van der Waals surface area contributed by atoms with Crippen molar-refractivity contribution < 1.29 is 4.74 Å². The van der Waals surface area contributed by atoms with Crippen molar-refractivity contribution in [3.8, 4) is 0 Å². The van der Waals surface area contributed by atoms with Crippen LogP contribution in [0.3, 0.4) is 0 Å². The third kappa shape index (κ3) is 3.08. The summed E-state index contributed by atoms with van der Waals surface area (Å²) in [6, 6.07) is 8.36. The average Bonchev–Trinajstić information content (AvgIpc) is 2.57. The largest absolute Gasteiger partial charge is 0.370 e. The summed E-state index contributed by atoms with van der Waals surface area (Å²) in [5.41, 5.74) is 13.7. The Morgan fingerprint density at radius 1 is 1.07 bits per heavy atom. The second-order valence-electron chi connectivity index (χ2n) is 9.83. The molecule has 4 saturated carbocycles. The first-order chi connectivity index (χ1) is 13.3. The normalized spacial score (nSPS) is 35.6. The molecule has 0 unspecified atom stereocenters. The number of nitrogens with two attached hydrogens (primary N) is 2. The highest BCUT2D eigenvalue weighted by Gasteiger charge is 2.51. The van der Waals surface area contributed by atoms with Gasteiger partial charge in [0, 0.05) is 5.69 Å². The van der Waals surface area contributed by atoms with Crippen LogP contribution in [0, 0.1) is 17.8 Å². The van der Waals surface area contributed by atoms with E-state index in [4.69, 9.17) is 16.2 Å². The number of hydrogen-bond donors (Lipinski definition) is 2. The van der Waals surface area contributed by atoms with E-state index in [2.05, 4.69) is 28.2 Å². The maximum absolute atomic E-state index is 6.64. The molecule has 0 aromatic heterocycles. The Hall–Kier alpha value is -2.08. The molecule has 1 aromatic carbocycles. The predicted molar refractivity (Wildman–Crippen MR) is 112 cm³/mol. The van der Waals surface area contributed by atoms with E-state index in [1.165, 1.54) is 44.1 Å². The minimum atomic E-state index is -0.574. The third-order valence-electron chi connectivity index (χ3n) is 7.09. The van der Waals surface area contributed by atoms with Gasteiger partial charge in [0.2, 0.25) is 11.9 Å². The fraction of sp³-hybridized carbons (Fsp3) is 0.636. The zero-order valence-corrected chi connectivity index (χ0v) is 16.9. The SMILES string of the molecule is CC1(C)N=C(N)N=C(N)N1c1cccc(COC23CC4CC(CC(C4)C2)C3)c1. The summed E-state index contributed by atoms with van der Waals surface area (Å²) < 4.78 is 6.64. The van der Waals surface area contributed by atoms with E-state index in [0.717, 1.165) is 23.4 Å². The van der Waals surface area contributed by atoms with E-state index in [1.807, 2.05) is 24.8 Å². The molecule has 1 aromatic rings. The van der Waals surface area contributed by atoms with Gasteiger partial charge in [-0.1, -0.05) is 12.1 Å². The van der Waals surface area contributed by atoms with E-state index < -0.39 is 5.66 Å². The average molecular weight is 382 g/mol. The van der Waals surface area contributed by atoms with Gasteiger partial charge in [0.15, 0.2) is 0 Å². The third-order valence-corrected chi connectivity index (χ3v) is 7.09. The van der Waals surface area contributed by atoms with Crippen LogP contribution in [0.15, 0.2) is 34.3 Å². The lowest BCUT2D eigenvalue weighted by atomic mass is 9.54. The lowest BCUT2D eigenvalue weighted by Gasteiger charge is -2.56. The van der Waals surface area contributed by atoms with Crippen LogP contribution in [-0.2, 0) is 11.3 Å². The van der Waals surface area contributed by atoms with E-state index in [9.17, 15) is 0 Å². The monoisotopic (exact) mass is 381 g/mol. The van der Waals surface area contributed by atoms with E-state index in [1.54, 1.807) is 0 Å². The van der Waals surface area contributed by atoms with Crippen molar-refractivity contribution in [2.24, 2.45) is 39.2 Å². The van der Waals surface area contributed by atoms with Gasteiger partial charge in [0.25, 0.3) is 0 Å². The molecular weight excluding hydrogens is 350 g/mol. The summed E-state index contributed by atoms with van der Waals surface area (Å²) in [6.07, 6.45) is 8.07. The Morgan fingerprint density at radius 2 is 1.71 bits per heavy atom. The Bertz CT molecular complexity index is 808. The van der Waals surface area contributed by atoms with Crippen LogP contribution in [-0.4, -0.2) is 23.2 Å². The first kappa shape index (κ1) is 18.0. The standard InChI is InChI=1S/C22H31N5O/c1-21(2)26-19(23)25-20(24)27(21)18-5-3-4-14(9-18)13-28-22-10-15-6-16(11-22)8-17(7-15)12-22/h3-5,9,15-17H,6-8,10-13H2,1-2H3,(H4,23,24,25,26). The topological polar surface area (TPSA) is 89.2 Å². The lowest BCUT2D eigenvalue weighted by Crippen LogP contribution is -2.54. The van der Waals surface area contributed by atoms with Gasteiger partial charge in [-0.25, -0.2) is 4.99 Å². The molecule has 0 atom stereocenters. The highest BCUT2D eigenvalue weighted by Crippen LogP contribution is 2.57. The second-order valence-corrected chi connectivity index (χ2v) is 9.83. The Balaban J connectivity index is 1.34. The molecule has 4 aliphatic carbocycles. The molecule has 1 aliphatic heterocycles. The van der Waals surface area contributed by atoms with Crippen LogP contribution in [0.25, 0.3) is 0 Å². The zero-order valence-electron chi connectivity index (χ0n) is 16.9. The summed E-state index contributed by atoms with van der Waals surface area (Å²) in [6.45, 7) is 4.62. The molecule has 0 spiro atoms. The van der Waals surface area contributed by atoms with Gasteiger partial charge in [-0.3, -0.25) is 4.90 Å². The van der Waals surface area contributed by atoms with Gasteiger partial charge in [0.05, 0.1) is 12.2 Å². The molecule has 4 bridgehead atoms. The highest BCUT2D eigenvalue weighted by atomic mass is 16.5. The molecule has 28 heavy (non-hydrogen) atoms. The van der Waals surface area contributed by atoms with E-state index >= 15 is 0 Å². The predicted octanol–water partition coefficient (Wildman–Crippen LogP) is 3.36. The molecular formula is C22H31N5O. The van der Waals surface area contributed by atoms with Crippen LogP contribution < -0.4 is 16.4 Å². The van der Waals surface area contributed by atoms with Crippen molar-refractivity contribution in [3.05, 3.63) is 29.8 Å². The molecule has 4 fully saturated rings. The Kier molecular flexibility index (Phi) is 3.99. The summed E-state index contributed by atoms with van der Waals surface area (Å²) in [7, 11) is 0. The number of guanidine groups is 2. The summed E-state index contributed by atoms with van der Waals surface area (Å²) >= 11 is 0. The number of benzene rings is 1. The molecule has 4 N–H and O–H groups in total. The quantitative estimate of drug-likeness (QED) is 0.837. The molecule has 6 rings (SSSR count). The molecule has 5 aliphatic rings. The minimum Gasteiger partial charge on any atom is -0.370 e. The Morgan fingerprint density at radius 3 is 2.32 bits per heavy atom. The van der Waals surface area contributed by atoms with Gasteiger partial charge in [0.1, 0.15) is 5.66 Å². The Labute approximate surface area is 167 Å². The fourth-order valence-corrected chi connectivity index (χ4v) is 6.48. The van der Waals surface area contributed by atoms with Gasteiger partial charge >= 0.3 is 0 Å².